The Morgan fingerprint density at radius 1 is 1.20 bits per heavy atom. The van der Waals surface area contributed by atoms with Crippen LogP contribution in [0.2, 0.25) is 0 Å². The molecule has 1 aromatic carbocycles. The van der Waals surface area contributed by atoms with Crippen LogP contribution in [-0.2, 0) is 0 Å². The van der Waals surface area contributed by atoms with Gasteiger partial charge in [-0.15, -0.1) is 0 Å². The number of nitrogens with one attached hydrogen (secondary N) is 1. The normalized spacial score (nSPS) is 28.4. The van der Waals surface area contributed by atoms with E-state index in [2.05, 4.69) is 5.32 Å². The lowest BCUT2D eigenvalue weighted by Crippen LogP contribution is -2.67. The monoisotopic (exact) mass is 202 g/mol. The molecule has 15 heavy (non-hydrogen) atoms. The zero-order valence-electron chi connectivity index (χ0n) is 8.52. The van der Waals surface area contributed by atoms with Gasteiger partial charge in [0, 0.05) is 30.7 Å². The number of fused-ring (bicyclic) bond motifs is 2. The van der Waals surface area contributed by atoms with Crippen molar-refractivity contribution in [3.05, 3.63) is 35.9 Å². The van der Waals surface area contributed by atoms with Gasteiger partial charge >= 0.3 is 0 Å². The quantitative estimate of drug-likeness (QED) is 0.733. The molecule has 0 unspecified atom stereocenters. The molecule has 0 aromatic heterocycles. The van der Waals surface area contributed by atoms with Gasteiger partial charge in [-0.1, -0.05) is 18.2 Å². The van der Waals surface area contributed by atoms with Crippen molar-refractivity contribution in [1.29, 1.82) is 0 Å². The minimum atomic E-state index is 0.173. The summed E-state index contributed by atoms with van der Waals surface area (Å²) < 4.78 is 0. The van der Waals surface area contributed by atoms with Crippen LogP contribution in [0.3, 0.4) is 0 Å². The molecule has 3 fully saturated rings. The Morgan fingerprint density at radius 3 is 2.40 bits per heavy atom. The molecule has 0 aliphatic carbocycles. The van der Waals surface area contributed by atoms with Crippen molar-refractivity contribution < 1.29 is 4.79 Å². The fraction of sp³-hybridized carbons (Fsp3) is 0.417. The van der Waals surface area contributed by atoms with Crippen LogP contribution in [-0.4, -0.2) is 36.0 Å². The summed E-state index contributed by atoms with van der Waals surface area (Å²) >= 11 is 0. The molecule has 1 N–H and O–H groups in total. The van der Waals surface area contributed by atoms with Crippen molar-refractivity contribution in [2.24, 2.45) is 0 Å². The van der Waals surface area contributed by atoms with Gasteiger partial charge in [-0.3, -0.25) is 4.79 Å². The maximum atomic E-state index is 12.1. The van der Waals surface area contributed by atoms with E-state index >= 15 is 0 Å². The molecule has 78 valence electrons. The van der Waals surface area contributed by atoms with Crippen molar-refractivity contribution in [3.63, 3.8) is 0 Å². The Labute approximate surface area is 89.1 Å². The van der Waals surface area contributed by atoms with Crippen molar-refractivity contribution in [1.82, 2.24) is 10.2 Å². The summed E-state index contributed by atoms with van der Waals surface area (Å²) in [6, 6.07) is 10.6. The number of hydrogen-bond acceptors (Lipinski definition) is 2. The van der Waals surface area contributed by atoms with Crippen molar-refractivity contribution >= 4 is 5.91 Å². The molecule has 4 rings (SSSR count). The second-order valence-corrected chi connectivity index (χ2v) is 4.37. The average Bonchev–Trinajstić information content (AvgIpc) is 2.28. The molecular formula is C12H14N2O. The number of hydrogen-bond donors (Lipinski definition) is 1. The predicted molar refractivity (Wildman–Crippen MR) is 57.7 cm³/mol. The molecule has 3 saturated heterocycles. The first-order chi connectivity index (χ1) is 7.33. The molecule has 2 bridgehead atoms. The Kier molecular flexibility index (Phi) is 1.99. The zero-order chi connectivity index (χ0) is 10.3. The highest BCUT2D eigenvalue weighted by Crippen LogP contribution is 2.22. The smallest absolute Gasteiger partial charge is 0.253 e. The van der Waals surface area contributed by atoms with E-state index in [1.54, 1.807) is 0 Å². The summed E-state index contributed by atoms with van der Waals surface area (Å²) in [6.45, 7) is 1.73. The Bertz CT molecular complexity index is 360. The second-order valence-electron chi connectivity index (χ2n) is 4.37. The third kappa shape index (κ3) is 1.53. The van der Waals surface area contributed by atoms with Gasteiger partial charge in [0.25, 0.3) is 5.91 Å². The van der Waals surface area contributed by atoms with Crippen molar-refractivity contribution in [3.8, 4) is 0 Å². The zero-order valence-corrected chi connectivity index (χ0v) is 8.52. The molecule has 0 spiro atoms. The minimum absolute atomic E-state index is 0.173. The van der Waals surface area contributed by atoms with E-state index in [9.17, 15) is 4.79 Å². The van der Waals surface area contributed by atoms with Gasteiger partial charge in [0.15, 0.2) is 0 Å². The van der Waals surface area contributed by atoms with Gasteiger partial charge in [0.05, 0.1) is 0 Å². The fourth-order valence-corrected chi connectivity index (χ4v) is 2.44. The first-order valence-corrected chi connectivity index (χ1v) is 5.43. The Balaban J connectivity index is 1.75. The minimum Gasteiger partial charge on any atom is -0.336 e. The van der Waals surface area contributed by atoms with E-state index in [4.69, 9.17) is 0 Å². The highest BCUT2D eigenvalue weighted by atomic mass is 16.2. The second kappa shape index (κ2) is 3.35. The number of amides is 1. The summed E-state index contributed by atoms with van der Waals surface area (Å²) in [7, 11) is 0. The molecule has 2 atom stereocenters. The average molecular weight is 202 g/mol. The van der Waals surface area contributed by atoms with Gasteiger partial charge in [0.2, 0.25) is 0 Å². The number of carbonyl (C=O) groups is 1. The highest BCUT2D eigenvalue weighted by molar-refractivity contribution is 5.94. The molecular weight excluding hydrogens is 188 g/mol. The highest BCUT2D eigenvalue weighted by Gasteiger charge is 2.38. The van der Waals surface area contributed by atoms with E-state index in [-0.39, 0.29) is 5.91 Å². The van der Waals surface area contributed by atoms with Gasteiger partial charge in [0.1, 0.15) is 0 Å². The molecule has 3 heteroatoms. The standard InChI is InChI=1S/C12H14N2O/c15-12(9-4-2-1-3-5-9)14-7-10-6-11(8-14)13-10/h1-5,10-11,13H,6-8H2/t10-,11+. The largest absolute Gasteiger partial charge is 0.336 e. The Morgan fingerprint density at radius 2 is 1.80 bits per heavy atom. The van der Waals surface area contributed by atoms with Crippen molar-refractivity contribution in [2.45, 2.75) is 18.5 Å². The summed E-state index contributed by atoms with van der Waals surface area (Å²) in [5.41, 5.74) is 0.804. The van der Waals surface area contributed by atoms with E-state index in [0.29, 0.717) is 12.1 Å². The molecule has 0 radical (unpaired) electrons. The van der Waals surface area contributed by atoms with Gasteiger partial charge in [-0.05, 0) is 18.6 Å². The van der Waals surface area contributed by atoms with E-state index in [1.165, 1.54) is 6.42 Å². The van der Waals surface area contributed by atoms with Crippen LogP contribution in [0.1, 0.15) is 16.8 Å². The third-order valence-electron chi connectivity index (χ3n) is 3.23. The van der Waals surface area contributed by atoms with Crippen LogP contribution in [0, 0.1) is 0 Å². The van der Waals surface area contributed by atoms with Crippen LogP contribution in [0.4, 0.5) is 0 Å². The maximum absolute atomic E-state index is 12.1. The van der Waals surface area contributed by atoms with Crippen LogP contribution in [0.5, 0.6) is 0 Å². The maximum Gasteiger partial charge on any atom is 0.253 e. The number of rotatable bonds is 1. The van der Waals surface area contributed by atoms with Crippen LogP contribution in [0.15, 0.2) is 30.3 Å². The lowest BCUT2D eigenvalue weighted by Gasteiger charge is -2.48. The molecule has 1 aromatic rings. The third-order valence-corrected chi connectivity index (χ3v) is 3.23. The van der Waals surface area contributed by atoms with Crippen LogP contribution >= 0.6 is 0 Å². The number of nitrogens with zero attached hydrogens (tertiary/aromatic N) is 1. The number of piperazine rings is 1. The van der Waals surface area contributed by atoms with Crippen molar-refractivity contribution in [2.75, 3.05) is 13.1 Å². The lowest BCUT2D eigenvalue weighted by atomic mass is 9.91. The van der Waals surface area contributed by atoms with E-state index in [1.807, 2.05) is 35.2 Å². The first kappa shape index (κ1) is 8.92. The van der Waals surface area contributed by atoms with Gasteiger partial charge in [-0.2, -0.15) is 0 Å². The van der Waals surface area contributed by atoms with Gasteiger partial charge in [-0.25, -0.2) is 0 Å². The van der Waals surface area contributed by atoms with E-state index in [0.717, 1.165) is 18.7 Å². The number of carbonyl (C=O) groups excluding carboxylic acids is 1. The predicted octanol–water partition coefficient (Wildman–Crippen LogP) is 0.873. The number of piperidine rings is 1. The SMILES string of the molecule is O=C(c1ccccc1)N1C[C@H]2C[C@@H](C1)N2. The molecule has 1 amide bonds. The molecule has 3 heterocycles. The molecule has 3 aliphatic rings. The lowest BCUT2D eigenvalue weighted by molar-refractivity contribution is 0.0474. The van der Waals surface area contributed by atoms with Gasteiger partial charge < -0.3 is 10.2 Å². The fourth-order valence-electron chi connectivity index (χ4n) is 2.44. The topological polar surface area (TPSA) is 32.3 Å². The number of benzene rings is 1. The first-order valence-electron chi connectivity index (χ1n) is 5.43. The van der Waals surface area contributed by atoms with E-state index < -0.39 is 0 Å². The molecule has 3 nitrogen and oxygen atoms in total. The van der Waals surface area contributed by atoms with Crippen LogP contribution in [0.25, 0.3) is 0 Å². The Hall–Kier alpha value is -1.35. The molecule has 0 saturated carbocycles. The van der Waals surface area contributed by atoms with Crippen LogP contribution < -0.4 is 5.32 Å². The summed E-state index contributed by atoms with van der Waals surface area (Å²) in [6.07, 6.45) is 1.23. The summed E-state index contributed by atoms with van der Waals surface area (Å²) in [4.78, 5) is 14.0. The summed E-state index contributed by atoms with van der Waals surface area (Å²) in [5.74, 6) is 0.173. The molecule has 3 aliphatic heterocycles. The summed E-state index contributed by atoms with van der Waals surface area (Å²) in [5, 5.41) is 3.42.